The van der Waals surface area contributed by atoms with E-state index < -0.39 is 0 Å². The van der Waals surface area contributed by atoms with Crippen LogP contribution in [0.1, 0.15) is 50.3 Å². The van der Waals surface area contributed by atoms with E-state index in [0.29, 0.717) is 0 Å². The predicted octanol–water partition coefficient (Wildman–Crippen LogP) is 3.08. The van der Waals surface area contributed by atoms with Crippen molar-refractivity contribution in [1.82, 2.24) is 15.5 Å². The summed E-state index contributed by atoms with van der Waals surface area (Å²) in [7, 11) is 0. The average Bonchev–Trinajstić information content (AvgIpc) is 2.60. The zero-order chi connectivity index (χ0) is 18.1. The number of nitrogens with one attached hydrogen (secondary N) is 2. The lowest BCUT2D eigenvalue weighted by molar-refractivity contribution is 0.0824. The van der Waals surface area contributed by atoms with Gasteiger partial charge in [-0.15, -0.1) is 24.0 Å². The van der Waals surface area contributed by atoms with Crippen LogP contribution in [0, 0.1) is 6.92 Å². The first-order valence-corrected chi connectivity index (χ1v) is 9.61. The largest absolute Gasteiger partial charge is 0.393 e. The molecular formula is C20H35IN4O. The average molecular weight is 474 g/mol. The molecule has 1 heterocycles. The number of hydrogen-bond donors (Lipinski definition) is 3. The molecule has 148 valence electrons. The van der Waals surface area contributed by atoms with Gasteiger partial charge in [0.2, 0.25) is 0 Å². The summed E-state index contributed by atoms with van der Waals surface area (Å²) in [6.07, 6.45) is 2.76. The molecule has 0 spiro atoms. The number of aliphatic imine (C=N–C) groups is 1. The van der Waals surface area contributed by atoms with Gasteiger partial charge in [-0.25, -0.2) is 0 Å². The number of hydrogen-bond acceptors (Lipinski definition) is 3. The van der Waals surface area contributed by atoms with Crippen molar-refractivity contribution in [2.24, 2.45) is 4.99 Å². The predicted molar refractivity (Wildman–Crippen MR) is 120 cm³/mol. The molecule has 1 aliphatic rings. The molecular weight excluding hydrogens is 439 g/mol. The van der Waals surface area contributed by atoms with Gasteiger partial charge in [0.05, 0.1) is 12.1 Å². The molecule has 0 aromatic heterocycles. The van der Waals surface area contributed by atoms with Crippen molar-refractivity contribution in [2.45, 2.75) is 52.2 Å². The van der Waals surface area contributed by atoms with Gasteiger partial charge < -0.3 is 20.6 Å². The third-order valence-corrected chi connectivity index (χ3v) is 4.81. The second kappa shape index (κ2) is 12.5. The van der Waals surface area contributed by atoms with Gasteiger partial charge in [-0.2, -0.15) is 0 Å². The Labute approximate surface area is 175 Å². The van der Waals surface area contributed by atoms with E-state index in [0.717, 1.165) is 57.9 Å². The van der Waals surface area contributed by atoms with E-state index in [4.69, 9.17) is 4.99 Å². The van der Waals surface area contributed by atoms with Crippen LogP contribution in [-0.2, 0) is 0 Å². The minimum Gasteiger partial charge on any atom is -0.393 e. The Kier molecular flexibility index (Phi) is 11.2. The Morgan fingerprint density at radius 3 is 2.65 bits per heavy atom. The Morgan fingerprint density at radius 2 is 2.00 bits per heavy atom. The lowest BCUT2D eigenvalue weighted by atomic mass is 10.0. The van der Waals surface area contributed by atoms with Crippen molar-refractivity contribution in [3.05, 3.63) is 35.4 Å². The van der Waals surface area contributed by atoms with Gasteiger partial charge in [-0.05, 0) is 57.7 Å². The minimum absolute atomic E-state index is 0. The van der Waals surface area contributed by atoms with E-state index in [1.165, 1.54) is 11.1 Å². The van der Waals surface area contributed by atoms with Crippen LogP contribution in [0.3, 0.4) is 0 Å². The Morgan fingerprint density at radius 1 is 1.31 bits per heavy atom. The Hall–Kier alpha value is -0.860. The van der Waals surface area contributed by atoms with Gasteiger partial charge >= 0.3 is 0 Å². The summed E-state index contributed by atoms with van der Waals surface area (Å²) < 4.78 is 0. The highest BCUT2D eigenvalue weighted by atomic mass is 127. The second-order valence-corrected chi connectivity index (χ2v) is 6.91. The molecule has 1 aromatic rings. The van der Waals surface area contributed by atoms with Crippen LogP contribution < -0.4 is 10.6 Å². The highest BCUT2D eigenvalue weighted by Gasteiger charge is 2.16. The summed E-state index contributed by atoms with van der Waals surface area (Å²) >= 11 is 0. The third-order valence-electron chi connectivity index (χ3n) is 4.81. The van der Waals surface area contributed by atoms with Gasteiger partial charge in [-0.1, -0.05) is 24.3 Å². The molecule has 26 heavy (non-hydrogen) atoms. The van der Waals surface area contributed by atoms with Gasteiger partial charge in [0.25, 0.3) is 0 Å². The number of piperidine rings is 1. The molecule has 0 amide bonds. The topological polar surface area (TPSA) is 59.9 Å². The van der Waals surface area contributed by atoms with Crippen LogP contribution in [0.15, 0.2) is 29.3 Å². The first-order valence-electron chi connectivity index (χ1n) is 9.61. The summed E-state index contributed by atoms with van der Waals surface area (Å²) in [5, 5.41) is 16.4. The number of halogens is 1. The smallest absolute Gasteiger partial charge is 0.191 e. The van der Waals surface area contributed by atoms with Crippen LogP contribution in [-0.4, -0.2) is 54.8 Å². The molecule has 5 nitrogen and oxygen atoms in total. The number of guanidine groups is 1. The van der Waals surface area contributed by atoms with Crippen LogP contribution in [0.25, 0.3) is 0 Å². The number of likely N-dealkylation sites (tertiary alicyclic amines) is 1. The fourth-order valence-corrected chi connectivity index (χ4v) is 3.30. The standard InChI is InChI=1S/C20H34N4O.HI/c1-4-21-20(23-17(3)19-9-6-5-8-16(19)2)22-12-7-13-24-14-10-18(25)11-15-24;/h5-6,8-9,17-18,25H,4,7,10-15H2,1-3H3,(H2,21,22,23);1H. The number of aliphatic hydroxyl groups is 1. The van der Waals surface area contributed by atoms with Crippen molar-refractivity contribution in [1.29, 1.82) is 0 Å². The fraction of sp³-hybridized carbons (Fsp3) is 0.650. The first-order chi connectivity index (χ1) is 12.1. The lowest BCUT2D eigenvalue weighted by Crippen LogP contribution is -2.39. The molecule has 1 unspecified atom stereocenters. The minimum atomic E-state index is -0.0956. The van der Waals surface area contributed by atoms with Crippen molar-refractivity contribution in [2.75, 3.05) is 32.7 Å². The van der Waals surface area contributed by atoms with Crippen molar-refractivity contribution >= 4 is 29.9 Å². The summed E-state index contributed by atoms with van der Waals surface area (Å²) in [4.78, 5) is 7.16. The Balaban J connectivity index is 0.00000338. The van der Waals surface area contributed by atoms with E-state index in [1.54, 1.807) is 0 Å². The van der Waals surface area contributed by atoms with E-state index in [9.17, 15) is 5.11 Å². The van der Waals surface area contributed by atoms with Crippen LogP contribution in [0.2, 0.25) is 0 Å². The van der Waals surface area contributed by atoms with Gasteiger partial charge in [-0.3, -0.25) is 4.99 Å². The van der Waals surface area contributed by atoms with E-state index >= 15 is 0 Å². The zero-order valence-electron chi connectivity index (χ0n) is 16.4. The zero-order valence-corrected chi connectivity index (χ0v) is 18.7. The maximum absolute atomic E-state index is 9.56. The molecule has 1 saturated heterocycles. The molecule has 0 radical (unpaired) electrons. The summed E-state index contributed by atoms with van der Waals surface area (Å²) in [6.45, 7) is 11.2. The summed E-state index contributed by atoms with van der Waals surface area (Å²) in [6, 6.07) is 8.70. The van der Waals surface area contributed by atoms with Crippen molar-refractivity contribution < 1.29 is 5.11 Å². The molecule has 1 atom stereocenters. The number of aliphatic hydroxyl groups excluding tert-OH is 1. The highest BCUT2D eigenvalue weighted by Crippen LogP contribution is 2.16. The van der Waals surface area contributed by atoms with E-state index in [-0.39, 0.29) is 36.1 Å². The van der Waals surface area contributed by atoms with Gasteiger partial charge in [0.1, 0.15) is 0 Å². The maximum atomic E-state index is 9.56. The second-order valence-electron chi connectivity index (χ2n) is 6.91. The quantitative estimate of drug-likeness (QED) is 0.246. The first kappa shape index (κ1) is 23.2. The molecule has 3 N–H and O–H groups in total. The van der Waals surface area contributed by atoms with Crippen molar-refractivity contribution in [3.8, 4) is 0 Å². The Bertz CT molecular complexity index is 544. The molecule has 0 saturated carbocycles. The summed E-state index contributed by atoms with van der Waals surface area (Å²) in [5.74, 6) is 0.882. The van der Waals surface area contributed by atoms with E-state index in [2.05, 4.69) is 60.6 Å². The highest BCUT2D eigenvalue weighted by molar-refractivity contribution is 14.0. The molecule has 1 fully saturated rings. The number of aryl methyl sites for hydroxylation is 1. The molecule has 0 aliphatic carbocycles. The molecule has 2 rings (SSSR count). The molecule has 0 bridgehead atoms. The molecule has 1 aliphatic heterocycles. The van der Waals surface area contributed by atoms with Crippen LogP contribution in [0.5, 0.6) is 0 Å². The van der Waals surface area contributed by atoms with Gasteiger partial charge in [0.15, 0.2) is 5.96 Å². The van der Waals surface area contributed by atoms with E-state index in [1.807, 2.05) is 0 Å². The lowest BCUT2D eigenvalue weighted by Gasteiger charge is -2.29. The molecule has 1 aromatic carbocycles. The number of rotatable bonds is 7. The number of nitrogens with zero attached hydrogens (tertiary/aromatic N) is 2. The van der Waals surface area contributed by atoms with Crippen LogP contribution >= 0.6 is 24.0 Å². The maximum Gasteiger partial charge on any atom is 0.191 e. The normalized spacial score (nSPS) is 17.5. The van der Waals surface area contributed by atoms with Crippen molar-refractivity contribution in [3.63, 3.8) is 0 Å². The monoisotopic (exact) mass is 474 g/mol. The SMILES string of the molecule is CCNC(=NCCCN1CCC(O)CC1)NC(C)c1ccccc1C.I. The van der Waals surface area contributed by atoms with Crippen LogP contribution in [0.4, 0.5) is 0 Å². The fourth-order valence-electron chi connectivity index (χ4n) is 3.30. The number of benzene rings is 1. The van der Waals surface area contributed by atoms with Gasteiger partial charge in [0, 0.05) is 26.2 Å². The molecule has 6 heteroatoms. The third kappa shape index (κ3) is 7.80. The summed E-state index contributed by atoms with van der Waals surface area (Å²) in [5.41, 5.74) is 2.60.